The number of aryl methyl sites for hydroxylation is 1. The smallest absolute Gasteiger partial charge is 0.291 e. The largest absolute Gasteiger partial charge is 0.459 e. The van der Waals surface area contributed by atoms with E-state index in [4.69, 9.17) is 16.0 Å². The number of hydrogen-bond donors (Lipinski definition) is 2. The van der Waals surface area contributed by atoms with Crippen LogP contribution in [0, 0.1) is 0 Å². The summed E-state index contributed by atoms with van der Waals surface area (Å²) in [5.41, 5.74) is 2.80. The Labute approximate surface area is 168 Å². The van der Waals surface area contributed by atoms with E-state index in [1.807, 2.05) is 36.4 Å². The molecule has 2 aromatic carbocycles. The zero-order chi connectivity index (χ0) is 19.8. The quantitative estimate of drug-likeness (QED) is 0.573. The van der Waals surface area contributed by atoms with Gasteiger partial charge in [0.2, 0.25) is 5.91 Å². The summed E-state index contributed by atoms with van der Waals surface area (Å²) in [6.45, 7) is 0.451. The number of hydrogen-bond acceptors (Lipinski definition) is 3. The number of carbonyl (C=O) groups excluding carboxylic acids is 2. The molecule has 0 aliphatic heterocycles. The van der Waals surface area contributed by atoms with Crippen molar-refractivity contribution in [3.05, 3.63) is 88.8 Å². The van der Waals surface area contributed by atoms with Crippen LogP contribution in [-0.2, 0) is 17.8 Å². The second-order valence-corrected chi connectivity index (χ2v) is 6.82. The van der Waals surface area contributed by atoms with Gasteiger partial charge >= 0.3 is 0 Å². The van der Waals surface area contributed by atoms with Crippen LogP contribution in [0.4, 0.5) is 5.69 Å². The number of amides is 2. The zero-order valence-electron chi connectivity index (χ0n) is 15.3. The predicted octanol–water partition coefficient (Wildman–Crippen LogP) is 4.82. The summed E-state index contributed by atoms with van der Waals surface area (Å²) in [6.07, 6.45) is 3.55. The summed E-state index contributed by atoms with van der Waals surface area (Å²) in [6, 6.07) is 18.3. The molecule has 1 aromatic heterocycles. The summed E-state index contributed by atoms with van der Waals surface area (Å²) in [4.78, 5) is 23.9. The van der Waals surface area contributed by atoms with Crippen molar-refractivity contribution >= 4 is 29.1 Å². The third kappa shape index (κ3) is 5.99. The molecule has 0 unspecified atom stereocenters. The first-order valence-electron chi connectivity index (χ1n) is 9.05. The summed E-state index contributed by atoms with van der Waals surface area (Å²) < 4.78 is 5.06. The van der Waals surface area contributed by atoms with Crippen LogP contribution < -0.4 is 10.6 Å². The van der Waals surface area contributed by atoms with Crippen LogP contribution >= 0.6 is 11.6 Å². The Hall–Kier alpha value is -3.05. The highest BCUT2D eigenvalue weighted by molar-refractivity contribution is 6.30. The van der Waals surface area contributed by atoms with Gasteiger partial charge < -0.3 is 15.1 Å². The Bertz CT molecular complexity index is 904. The molecule has 0 spiro atoms. The van der Waals surface area contributed by atoms with Crippen LogP contribution in [0.3, 0.4) is 0 Å². The minimum Gasteiger partial charge on any atom is -0.459 e. The predicted molar refractivity (Wildman–Crippen MR) is 109 cm³/mol. The van der Waals surface area contributed by atoms with Crippen LogP contribution in [-0.4, -0.2) is 11.8 Å². The molecule has 0 aliphatic carbocycles. The maximum Gasteiger partial charge on any atom is 0.291 e. The van der Waals surface area contributed by atoms with Crippen molar-refractivity contribution in [2.75, 3.05) is 5.32 Å². The van der Waals surface area contributed by atoms with Gasteiger partial charge in [0.1, 0.15) is 0 Å². The lowest BCUT2D eigenvalue weighted by atomic mass is 10.1. The van der Waals surface area contributed by atoms with Crippen molar-refractivity contribution in [3.63, 3.8) is 0 Å². The molecule has 2 amide bonds. The number of rotatable bonds is 8. The molecule has 0 fully saturated rings. The summed E-state index contributed by atoms with van der Waals surface area (Å²) in [7, 11) is 0. The second kappa shape index (κ2) is 9.76. The zero-order valence-corrected chi connectivity index (χ0v) is 16.0. The minimum absolute atomic E-state index is 0.0177. The van der Waals surface area contributed by atoms with Gasteiger partial charge in [-0.2, -0.15) is 0 Å². The summed E-state index contributed by atoms with van der Waals surface area (Å²) in [5, 5.41) is 6.39. The van der Waals surface area contributed by atoms with E-state index in [2.05, 4.69) is 10.6 Å². The molecule has 5 nitrogen and oxygen atoms in total. The van der Waals surface area contributed by atoms with Gasteiger partial charge in [-0.05, 0) is 60.4 Å². The van der Waals surface area contributed by atoms with Crippen LogP contribution in [0.1, 0.15) is 34.5 Å². The molecule has 0 saturated carbocycles. The maximum atomic E-state index is 12.0. The van der Waals surface area contributed by atoms with Gasteiger partial charge in [0.05, 0.1) is 6.26 Å². The Kier molecular flexibility index (Phi) is 6.87. The third-order valence-electron chi connectivity index (χ3n) is 4.23. The molecule has 6 heteroatoms. The highest BCUT2D eigenvalue weighted by atomic mass is 35.5. The molecule has 3 rings (SSSR count). The highest BCUT2D eigenvalue weighted by Gasteiger charge is 2.08. The topological polar surface area (TPSA) is 71.3 Å². The molecule has 0 aliphatic rings. The van der Waals surface area contributed by atoms with E-state index in [-0.39, 0.29) is 17.6 Å². The summed E-state index contributed by atoms with van der Waals surface area (Å²) in [5.74, 6) is -0.0224. The average molecular weight is 397 g/mol. The van der Waals surface area contributed by atoms with E-state index in [0.29, 0.717) is 23.7 Å². The van der Waals surface area contributed by atoms with Crippen molar-refractivity contribution in [1.82, 2.24) is 5.32 Å². The van der Waals surface area contributed by atoms with Crippen LogP contribution in [0.2, 0.25) is 5.02 Å². The molecular weight excluding hydrogens is 376 g/mol. The number of carbonyl (C=O) groups is 2. The first-order chi connectivity index (χ1) is 13.6. The Morgan fingerprint density at radius 3 is 2.32 bits per heavy atom. The van der Waals surface area contributed by atoms with E-state index in [9.17, 15) is 9.59 Å². The molecule has 1 heterocycles. The molecule has 0 bridgehead atoms. The fourth-order valence-corrected chi connectivity index (χ4v) is 2.83. The first-order valence-corrected chi connectivity index (χ1v) is 9.43. The molecule has 28 heavy (non-hydrogen) atoms. The Balaban J connectivity index is 1.38. The van der Waals surface area contributed by atoms with Crippen molar-refractivity contribution in [2.24, 2.45) is 0 Å². The maximum absolute atomic E-state index is 12.0. The SMILES string of the molecule is O=C(CCCc1ccc(Cl)cc1)NCc1ccc(NC(=O)c2ccco2)cc1. The van der Waals surface area contributed by atoms with Gasteiger partial charge in [0.25, 0.3) is 5.91 Å². The van der Waals surface area contributed by atoms with Crippen LogP contribution in [0.15, 0.2) is 71.3 Å². The Morgan fingerprint density at radius 1 is 0.929 bits per heavy atom. The van der Waals surface area contributed by atoms with Gasteiger partial charge in [-0.25, -0.2) is 0 Å². The number of halogens is 1. The molecule has 2 N–H and O–H groups in total. The minimum atomic E-state index is -0.299. The van der Waals surface area contributed by atoms with Crippen LogP contribution in [0.25, 0.3) is 0 Å². The normalized spacial score (nSPS) is 10.5. The van der Waals surface area contributed by atoms with Crippen molar-refractivity contribution in [2.45, 2.75) is 25.8 Å². The van der Waals surface area contributed by atoms with Gasteiger partial charge in [-0.3, -0.25) is 9.59 Å². The summed E-state index contributed by atoms with van der Waals surface area (Å²) >= 11 is 5.86. The number of anilines is 1. The first kappa shape index (κ1) is 19.7. The van der Waals surface area contributed by atoms with Crippen molar-refractivity contribution in [3.8, 4) is 0 Å². The number of benzene rings is 2. The lowest BCUT2D eigenvalue weighted by Gasteiger charge is -2.07. The van der Waals surface area contributed by atoms with Gasteiger partial charge in [-0.1, -0.05) is 35.9 Å². The molecular formula is C22H21ClN2O3. The molecule has 0 atom stereocenters. The lowest BCUT2D eigenvalue weighted by molar-refractivity contribution is -0.121. The standard InChI is InChI=1S/C22H21ClN2O3/c23-18-10-6-16(7-11-18)3-1-5-21(26)24-15-17-8-12-19(13-9-17)25-22(27)20-4-2-14-28-20/h2,4,6-14H,1,3,5,15H2,(H,24,26)(H,25,27). The van der Waals surface area contributed by atoms with Crippen molar-refractivity contribution < 1.29 is 14.0 Å². The molecule has 0 saturated heterocycles. The molecule has 3 aromatic rings. The van der Waals surface area contributed by atoms with E-state index < -0.39 is 0 Å². The van der Waals surface area contributed by atoms with E-state index in [1.165, 1.54) is 11.8 Å². The van der Waals surface area contributed by atoms with Gasteiger partial charge in [0.15, 0.2) is 5.76 Å². The van der Waals surface area contributed by atoms with Gasteiger partial charge in [-0.15, -0.1) is 0 Å². The lowest BCUT2D eigenvalue weighted by Crippen LogP contribution is -2.22. The fraction of sp³-hybridized carbons (Fsp3) is 0.182. The van der Waals surface area contributed by atoms with E-state index in [1.54, 1.807) is 24.3 Å². The van der Waals surface area contributed by atoms with Crippen LogP contribution in [0.5, 0.6) is 0 Å². The molecule has 0 radical (unpaired) electrons. The Morgan fingerprint density at radius 2 is 1.64 bits per heavy atom. The monoisotopic (exact) mass is 396 g/mol. The number of nitrogens with one attached hydrogen (secondary N) is 2. The fourth-order valence-electron chi connectivity index (χ4n) is 2.70. The van der Waals surface area contributed by atoms with Crippen molar-refractivity contribution in [1.29, 1.82) is 0 Å². The number of furan rings is 1. The molecule has 144 valence electrons. The van der Waals surface area contributed by atoms with E-state index >= 15 is 0 Å². The third-order valence-corrected chi connectivity index (χ3v) is 4.48. The van der Waals surface area contributed by atoms with E-state index in [0.717, 1.165) is 18.4 Å². The highest BCUT2D eigenvalue weighted by Crippen LogP contribution is 2.13. The second-order valence-electron chi connectivity index (χ2n) is 6.39. The van der Waals surface area contributed by atoms with Gasteiger partial charge in [0, 0.05) is 23.7 Å². The average Bonchev–Trinajstić information content (AvgIpc) is 3.24.